The monoisotopic (exact) mass is 365 g/mol. The average Bonchev–Trinajstić information content (AvgIpc) is 2.58. The summed E-state index contributed by atoms with van der Waals surface area (Å²) in [5, 5.41) is 2.82. The number of hydrogen-bond acceptors (Lipinski definition) is 5. The molecule has 0 aliphatic carbocycles. The molecule has 0 saturated carbocycles. The summed E-state index contributed by atoms with van der Waals surface area (Å²) < 4.78 is 16.0. The van der Waals surface area contributed by atoms with Crippen LogP contribution in [0.25, 0.3) is 0 Å². The van der Waals surface area contributed by atoms with Crippen molar-refractivity contribution in [2.24, 2.45) is 11.8 Å². The normalized spacial score (nSPS) is 13.4. The quantitative estimate of drug-likeness (QED) is 0.672. The number of rotatable bonds is 9. The van der Waals surface area contributed by atoms with Crippen LogP contribution in [0.1, 0.15) is 51.4 Å². The van der Waals surface area contributed by atoms with Crippen molar-refractivity contribution in [3.05, 3.63) is 23.8 Å². The first-order chi connectivity index (χ1) is 12.1. The van der Waals surface area contributed by atoms with Gasteiger partial charge < -0.3 is 19.5 Å². The highest BCUT2D eigenvalue weighted by atomic mass is 16.5. The van der Waals surface area contributed by atoms with Crippen molar-refractivity contribution in [2.75, 3.05) is 26.1 Å². The number of benzene rings is 1. The van der Waals surface area contributed by atoms with Gasteiger partial charge >= 0.3 is 5.97 Å². The second-order valence-electron chi connectivity index (χ2n) is 7.39. The Hall–Kier alpha value is -2.08. The van der Waals surface area contributed by atoms with E-state index in [2.05, 4.69) is 5.32 Å². The number of carbonyl (C=O) groups excluding carboxylic acids is 2. The van der Waals surface area contributed by atoms with Gasteiger partial charge in [0, 0.05) is 12.8 Å². The van der Waals surface area contributed by atoms with Crippen molar-refractivity contribution in [3.63, 3.8) is 0 Å². The smallest absolute Gasteiger partial charge is 0.341 e. The van der Waals surface area contributed by atoms with E-state index in [0.717, 1.165) is 0 Å². The molecule has 0 radical (unpaired) electrons. The molecule has 1 aromatic carbocycles. The zero-order valence-electron chi connectivity index (χ0n) is 16.8. The molecule has 0 aliphatic heterocycles. The molecule has 1 amide bonds. The van der Waals surface area contributed by atoms with Crippen LogP contribution in [0, 0.1) is 11.8 Å². The Morgan fingerprint density at radius 2 is 1.77 bits per heavy atom. The number of ether oxygens (including phenoxy) is 3. The Labute approximate surface area is 156 Å². The van der Waals surface area contributed by atoms with Crippen molar-refractivity contribution in [1.29, 1.82) is 0 Å². The first-order valence-corrected chi connectivity index (χ1v) is 8.84. The third-order valence-electron chi connectivity index (χ3n) is 3.94. The fraction of sp³-hybridized carbons (Fsp3) is 0.600. The minimum absolute atomic E-state index is 0.264. The summed E-state index contributed by atoms with van der Waals surface area (Å²) in [4.78, 5) is 24.7. The minimum Gasteiger partial charge on any atom is -0.492 e. The molecule has 146 valence electrons. The van der Waals surface area contributed by atoms with Crippen LogP contribution in [-0.2, 0) is 14.3 Å². The number of nitrogens with one attached hydrogen (secondary N) is 1. The Balaban J connectivity index is 3.06. The number of anilines is 1. The molecule has 0 unspecified atom stereocenters. The van der Waals surface area contributed by atoms with Crippen molar-refractivity contribution in [3.8, 4) is 5.75 Å². The van der Waals surface area contributed by atoms with Crippen molar-refractivity contribution in [1.82, 2.24) is 0 Å². The number of methoxy groups -OCH3 is 2. The van der Waals surface area contributed by atoms with E-state index in [-0.39, 0.29) is 11.5 Å². The molecule has 26 heavy (non-hydrogen) atoms. The summed E-state index contributed by atoms with van der Waals surface area (Å²) in [5.41, 5.74) is -0.194. The molecule has 0 bridgehead atoms. The van der Waals surface area contributed by atoms with Gasteiger partial charge in [0.15, 0.2) is 0 Å². The van der Waals surface area contributed by atoms with E-state index in [9.17, 15) is 9.59 Å². The number of esters is 1. The van der Waals surface area contributed by atoms with Gasteiger partial charge in [-0.25, -0.2) is 4.79 Å². The summed E-state index contributed by atoms with van der Waals surface area (Å²) >= 11 is 0. The fourth-order valence-electron chi connectivity index (χ4n) is 2.57. The lowest BCUT2D eigenvalue weighted by Gasteiger charge is -2.28. The van der Waals surface area contributed by atoms with Crippen LogP contribution in [-0.4, -0.2) is 38.3 Å². The molecule has 0 fully saturated rings. The highest BCUT2D eigenvalue weighted by molar-refractivity contribution is 5.99. The van der Waals surface area contributed by atoms with Gasteiger partial charge in [-0.1, -0.05) is 27.7 Å². The maximum atomic E-state index is 12.7. The van der Waals surface area contributed by atoms with Gasteiger partial charge in [-0.3, -0.25) is 4.79 Å². The van der Waals surface area contributed by atoms with E-state index < -0.39 is 11.6 Å². The lowest BCUT2D eigenvalue weighted by molar-refractivity contribution is -0.137. The van der Waals surface area contributed by atoms with E-state index in [0.29, 0.717) is 36.3 Å². The second kappa shape index (κ2) is 9.57. The second-order valence-corrected chi connectivity index (χ2v) is 7.39. The van der Waals surface area contributed by atoms with E-state index in [1.807, 2.05) is 27.7 Å². The maximum absolute atomic E-state index is 12.7. The fourth-order valence-corrected chi connectivity index (χ4v) is 2.57. The molecule has 1 aromatic rings. The predicted molar refractivity (Wildman–Crippen MR) is 102 cm³/mol. The zero-order valence-corrected chi connectivity index (χ0v) is 16.8. The van der Waals surface area contributed by atoms with Crippen molar-refractivity contribution < 1.29 is 23.8 Å². The third-order valence-corrected chi connectivity index (χ3v) is 3.94. The van der Waals surface area contributed by atoms with Gasteiger partial charge in [0.25, 0.3) is 5.91 Å². The average molecular weight is 365 g/mol. The summed E-state index contributed by atoms with van der Waals surface area (Å²) in [6.07, 6.45) is 0.578. The van der Waals surface area contributed by atoms with Crippen LogP contribution in [0.4, 0.5) is 5.69 Å². The molecule has 1 atom stereocenters. The lowest BCUT2D eigenvalue weighted by Crippen LogP contribution is -2.43. The van der Waals surface area contributed by atoms with Crippen molar-refractivity contribution >= 4 is 17.6 Å². The standard InChI is InChI=1S/C20H31NO5/c1-13(2)11-20(5,25-7)19(23)21-15-8-9-17(26-12-14(3)4)16(10-15)18(22)24-6/h8-10,13-14H,11-12H2,1-7H3,(H,21,23)/t20-/m1/s1. The molecule has 0 saturated heterocycles. The molecule has 6 heteroatoms. The van der Waals surface area contributed by atoms with Gasteiger partial charge in [-0.15, -0.1) is 0 Å². The highest BCUT2D eigenvalue weighted by Gasteiger charge is 2.34. The Morgan fingerprint density at radius 1 is 1.12 bits per heavy atom. The van der Waals surface area contributed by atoms with Gasteiger partial charge in [0.05, 0.1) is 13.7 Å². The largest absolute Gasteiger partial charge is 0.492 e. The molecule has 0 heterocycles. The van der Waals surface area contributed by atoms with Gasteiger partial charge in [0.1, 0.15) is 16.9 Å². The molecular weight excluding hydrogens is 334 g/mol. The Kier molecular flexibility index (Phi) is 8.08. The molecule has 0 spiro atoms. The molecule has 0 aromatic heterocycles. The van der Waals surface area contributed by atoms with E-state index in [1.165, 1.54) is 14.2 Å². The minimum atomic E-state index is -0.952. The number of carbonyl (C=O) groups is 2. The number of hydrogen-bond donors (Lipinski definition) is 1. The van der Waals surface area contributed by atoms with Crippen molar-refractivity contribution in [2.45, 2.75) is 46.6 Å². The van der Waals surface area contributed by atoms with Gasteiger partial charge in [-0.05, 0) is 43.4 Å². The van der Waals surface area contributed by atoms with E-state index >= 15 is 0 Å². The molecule has 6 nitrogen and oxygen atoms in total. The maximum Gasteiger partial charge on any atom is 0.341 e. The third kappa shape index (κ3) is 6.02. The van der Waals surface area contributed by atoms with Gasteiger partial charge in [0.2, 0.25) is 0 Å². The predicted octanol–water partition coefficient (Wildman–Crippen LogP) is 3.90. The zero-order chi connectivity index (χ0) is 19.9. The molecular formula is C20H31NO5. The molecule has 1 N–H and O–H groups in total. The summed E-state index contributed by atoms with van der Waals surface area (Å²) in [5.74, 6) is 0.263. The summed E-state index contributed by atoms with van der Waals surface area (Å²) in [7, 11) is 2.83. The van der Waals surface area contributed by atoms with Crippen LogP contribution >= 0.6 is 0 Å². The van der Waals surface area contributed by atoms with Crippen LogP contribution in [0.2, 0.25) is 0 Å². The van der Waals surface area contributed by atoms with Crippen LogP contribution in [0.15, 0.2) is 18.2 Å². The van der Waals surface area contributed by atoms with Crippen LogP contribution < -0.4 is 10.1 Å². The Bertz CT molecular complexity index is 627. The first-order valence-electron chi connectivity index (χ1n) is 8.84. The van der Waals surface area contributed by atoms with E-state index in [4.69, 9.17) is 14.2 Å². The lowest BCUT2D eigenvalue weighted by atomic mass is 9.93. The Morgan fingerprint density at radius 3 is 2.27 bits per heavy atom. The molecule has 1 rings (SSSR count). The van der Waals surface area contributed by atoms with Gasteiger partial charge in [-0.2, -0.15) is 0 Å². The summed E-state index contributed by atoms with van der Waals surface area (Å²) in [6.45, 7) is 10.3. The van der Waals surface area contributed by atoms with E-state index in [1.54, 1.807) is 25.1 Å². The number of amides is 1. The SMILES string of the molecule is COC(=O)c1cc(NC(=O)[C@@](C)(CC(C)C)OC)ccc1OCC(C)C. The molecule has 0 aliphatic rings. The first kappa shape index (κ1) is 22.0. The van der Waals surface area contributed by atoms with Crippen LogP contribution in [0.3, 0.4) is 0 Å². The summed E-state index contributed by atoms with van der Waals surface area (Å²) in [6, 6.07) is 4.92. The topological polar surface area (TPSA) is 73.9 Å². The van der Waals surface area contributed by atoms with Crippen LogP contribution in [0.5, 0.6) is 5.75 Å². The highest BCUT2D eigenvalue weighted by Crippen LogP contribution is 2.27.